The highest BCUT2D eigenvalue weighted by Crippen LogP contribution is 2.29. The molecule has 0 saturated carbocycles. The van der Waals surface area contributed by atoms with Crippen molar-refractivity contribution in [3.63, 3.8) is 0 Å². The minimum absolute atomic E-state index is 0.0384. The van der Waals surface area contributed by atoms with Crippen LogP contribution in [0.2, 0.25) is 0 Å². The standard InChI is InChI=1S/C15H18BrNO2/c1-3-14(18)12-5-4-8-17(15(12)19)13-7-6-11(16)9-10(13)2/h6-7,9,12H,3-5,8H2,1-2H3. The lowest BCUT2D eigenvalue weighted by molar-refractivity contribution is -0.133. The summed E-state index contributed by atoms with van der Waals surface area (Å²) in [5.74, 6) is -0.421. The van der Waals surface area contributed by atoms with Gasteiger partial charge in [0.25, 0.3) is 0 Å². The van der Waals surface area contributed by atoms with Crippen molar-refractivity contribution >= 4 is 33.3 Å². The Balaban J connectivity index is 2.29. The van der Waals surface area contributed by atoms with Crippen LogP contribution < -0.4 is 4.90 Å². The van der Waals surface area contributed by atoms with Gasteiger partial charge >= 0.3 is 0 Å². The highest BCUT2D eigenvalue weighted by molar-refractivity contribution is 9.10. The van der Waals surface area contributed by atoms with Crippen molar-refractivity contribution in [3.8, 4) is 0 Å². The normalized spacial score (nSPS) is 19.6. The Bertz CT molecular complexity index is 513. The highest BCUT2D eigenvalue weighted by atomic mass is 79.9. The molecule has 19 heavy (non-hydrogen) atoms. The fourth-order valence-electron chi connectivity index (χ4n) is 2.58. The van der Waals surface area contributed by atoms with Crippen LogP contribution in [0.5, 0.6) is 0 Å². The maximum Gasteiger partial charge on any atom is 0.237 e. The van der Waals surface area contributed by atoms with Crippen molar-refractivity contribution in [3.05, 3.63) is 28.2 Å². The molecule has 0 radical (unpaired) electrons. The Hall–Kier alpha value is -1.16. The summed E-state index contributed by atoms with van der Waals surface area (Å²) in [6.45, 7) is 4.51. The number of nitrogens with zero attached hydrogens (tertiary/aromatic N) is 1. The van der Waals surface area contributed by atoms with E-state index in [2.05, 4.69) is 15.9 Å². The first-order valence-electron chi connectivity index (χ1n) is 6.64. The van der Waals surface area contributed by atoms with Crippen LogP contribution in [-0.4, -0.2) is 18.2 Å². The summed E-state index contributed by atoms with van der Waals surface area (Å²) < 4.78 is 0.999. The molecule has 102 valence electrons. The Morgan fingerprint density at radius 3 is 2.84 bits per heavy atom. The highest BCUT2D eigenvalue weighted by Gasteiger charge is 2.34. The summed E-state index contributed by atoms with van der Waals surface area (Å²) >= 11 is 3.42. The second-order valence-corrected chi connectivity index (χ2v) is 5.85. The lowest BCUT2D eigenvalue weighted by Crippen LogP contribution is -2.44. The molecule has 0 bridgehead atoms. The van der Waals surface area contributed by atoms with Gasteiger partial charge in [-0.2, -0.15) is 0 Å². The largest absolute Gasteiger partial charge is 0.312 e. The number of amides is 1. The predicted molar refractivity (Wildman–Crippen MR) is 79.3 cm³/mol. The number of carbonyl (C=O) groups excluding carboxylic acids is 2. The Labute approximate surface area is 122 Å². The molecule has 0 aromatic heterocycles. The Morgan fingerprint density at radius 2 is 2.21 bits per heavy atom. The van der Waals surface area contributed by atoms with Gasteiger partial charge in [0.05, 0.1) is 5.92 Å². The molecule has 1 unspecified atom stereocenters. The average Bonchev–Trinajstić information content (AvgIpc) is 2.39. The fraction of sp³-hybridized carbons (Fsp3) is 0.467. The Morgan fingerprint density at radius 1 is 1.47 bits per heavy atom. The molecule has 1 aliphatic rings. The number of carbonyl (C=O) groups is 2. The number of benzene rings is 1. The van der Waals surface area contributed by atoms with Crippen molar-refractivity contribution in [2.75, 3.05) is 11.4 Å². The van der Waals surface area contributed by atoms with Crippen LogP contribution in [0.3, 0.4) is 0 Å². The van der Waals surface area contributed by atoms with Crippen molar-refractivity contribution in [2.45, 2.75) is 33.1 Å². The molecule has 1 heterocycles. The maximum atomic E-state index is 12.5. The summed E-state index contributed by atoms with van der Waals surface area (Å²) in [6.07, 6.45) is 2.01. The van der Waals surface area contributed by atoms with Crippen LogP contribution in [-0.2, 0) is 9.59 Å². The van der Waals surface area contributed by atoms with Gasteiger partial charge in [0.2, 0.25) is 5.91 Å². The van der Waals surface area contributed by atoms with Crippen LogP contribution in [0.15, 0.2) is 22.7 Å². The van der Waals surface area contributed by atoms with E-state index in [0.717, 1.165) is 22.1 Å². The van der Waals surface area contributed by atoms with E-state index in [4.69, 9.17) is 0 Å². The second kappa shape index (κ2) is 5.87. The zero-order valence-corrected chi connectivity index (χ0v) is 12.9. The SMILES string of the molecule is CCC(=O)C1CCCN(c2ccc(Br)cc2C)C1=O. The van der Waals surface area contributed by atoms with E-state index < -0.39 is 5.92 Å². The zero-order chi connectivity index (χ0) is 14.0. The van der Waals surface area contributed by atoms with Crippen LogP contribution in [0.25, 0.3) is 0 Å². The van der Waals surface area contributed by atoms with Crippen LogP contribution in [0.4, 0.5) is 5.69 Å². The number of halogens is 1. The van der Waals surface area contributed by atoms with Crippen LogP contribution in [0, 0.1) is 12.8 Å². The van der Waals surface area contributed by atoms with E-state index in [-0.39, 0.29) is 11.7 Å². The third kappa shape index (κ3) is 2.89. The van der Waals surface area contributed by atoms with E-state index in [1.807, 2.05) is 32.0 Å². The van der Waals surface area contributed by atoms with Crippen molar-refractivity contribution in [2.24, 2.45) is 5.92 Å². The van der Waals surface area contributed by atoms with Gasteiger partial charge in [-0.15, -0.1) is 0 Å². The van der Waals surface area contributed by atoms with Gasteiger partial charge in [0.15, 0.2) is 0 Å². The maximum absolute atomic E-state index is 12.5. The first-order chi connectivity index (χ1) is 9.04. The minimum atomic E-state index is -0.443. The van der Waals surface area contributed by atoms with Gasteiger partial charge in [-0.25, -0.2) is 0 Å². The number of ketones is 1. The number of hydrogen-bond acceptors (Lipinski definition) is 2. The van der Waals surface area contributed by atoms with Crippen molar-refractivity contribution < 1.29 is 9.59 Å². The summed E-state index contributed by atoms with van der Waals surface area (Å²) in [7, 11) is 0. The smallest absolute Gasteiger partial charge is 0.237 e. The molecule has 1 fully saturated rings. The van der Waals surface area contributed by atoms with Gasteiger partial charge in [-0.05, 0) is 43.5 Å². The molecule has 1 aromatic rings. The molecule has 1 amide bonds. The third-order valence-corrected chi connectivity index (χ3v) is 4.12. The number of anilines is 1. The van der Waals surface area contributed by atoms with Gasteiger partial charge < -0.3 is 4.90 Å². The van der Waals surface area contributed by atoms with Crippen LogP contribution >= 0.6 is 15.9 Å². The molecule has 1 saturated heterocycles. The summed E-state index contributed by atoms with van der Waals surface area (Å²) in [5.41, 5.74) is 1.97. The van der Waals surface area contributed by atoms with Crippen molar-refractivity contribution in [1.82, 2.24) is 0 Å². The Kier molecular flexibility index (Phi) is 4.40. The summed E-state index contributed by atoms with van der Waals surface area (Å²) in [6, 6.07) is 5.87. The predicted octanol–water partition coefficient (Wildman–Crippen LogP) is 3.48. The van der Waals surface area contributed by atoms with Crippen LogP contribution in [0.1, 0.15) is 31.7 Å². The molecule has 1 atom stereocenters. The van der Waals surface area contributed by atoms with Gasteiger partial charge in [-0.3, -0.25) is 9.59 Å². The molecule has 2 rings (SSSR count). The molecule has 0 aliphatic carbocycles. The number of piperidine rings is 1. The van der Waals surface area contributed by atoms with E-state index in [1.165, 1.54) is 0 Å². The van der Waals surface area contributed by atoms with E-state index in [0.29, 0.717) is 19.4 Å². The average molecular weight is 324 g/mol. The van der Waals surface area contributed by atoms with E-state index in [1.54, 1.807) is 4.90 Å². The zero-order valence-electron chi connectivity index (χ0n) is 11.3. The number of aryl methyl sites for hydroxylation is 1. The first-order valence-corrected chi connectivity index (χ1v) is 7.44. The molecular weight excluding hydrogens is 306 g/mol. The lowest BCUT2D eigenvalue weighted by atomic mass is 9.91. The van der Waals surface area contributed by atoms with Gasteiger partial charge in [0.1, 0.15) is 5.78 Å². The fourth-order valence-corrected chi connectivity index (χ4v) is 3.06. The van der Waals surface area contributed by atoms with Gasteiger partial charge in [0, 0.05) is 23.1 Å². The summed E-state index contributed by atoms with van der Waals surface area (Å²) in [4.78, 5) is 26.1. The summed E-state index contributed by atoms with van der Waals surface area (Å²) in [5, 5.41) is 0. The third-order valence-electron chi connectivity index (χ3n) is 3.63. The number of Topliss-reactive ketones (excluding diaryl/α,β-unsaturated/α-hetero) is 1. The molecule has 1 aromatic carbocycles. The molecule has 0 spiro atoms. The monoisotopic (exact) mass is 323 g/mol. The first kappa shape index (κ1) is 14.3. The quantitative estimate of drug-likeness (QED) is 0.798. The van der Waals surface area contributed by atoms with Crippen molar-refractivity contribution in [1.29, 1.82) is 0 Å². The minimum Gasteiger partial charge on any atom is -0.312 e. The number of rotatable bonds is 3. The topological polar surface area (TPSA) is 37.4 Å². The molecule has 0 N–H and O–H groups in total. The van der Waals surface area contributed by atoms with E-state index >= 15 is 0 Å². The van der Waals surface area contributed by atoms with Gasteiger partial charge in [-0.1, -0.05) is 22.9 Å². The molecule has 4 heteroatoms. The van der Waals surface area contributed by atoms with E-state index in [9.17, 15) is 9.59 Å². The molecule has 3 nitrogen and oxygen atoms in total. The molecular formula is C15H18BrNO2. The lowest BCUT2D eigenvalue weighted by Gasteiger charge is -2.32. The number of hydrogen-bond donors (Lipinski definition) is 0. The molecule has 1 aliphatic heterocycles. The second-order valence-electron chi connectivity index (χ2n) is 4.94.